The number of fused-ring (bicyclic) bond motifs is 1. The molecule has 0 aliphatic carbocycles. The van der Waals surface area contributed by atoms with Gasteiger partial charge in [-0.2, -0.15) is 0 Å². The number of aromatic nitrogens is 1. The third-order valence-electron chi connectivity index (χ3n) is 2.35. The van der Waals surface area contributed by atoms with E-state index in [-0.39, 0.29) is 6.54 Å². The van der Waals surface area contributed by atoms with Gasteiger partial charge in [-0.25, -0.2) is 4.79 Å². The van der Waals surface area contributed by atoms with Gasteiger partial charge in [0.25, 0.3) is 0 Å². The van der Waals surface area contributed by atoms with Crippen molar-refractivity contribution in [3.8, 4) is 5.75 Å². The number of carboxylic acid groups (broad SMARTS) is 1. The Morgan fingerprint density at radius 1 is 1.41 bits per heavy atom. The van der Waals surface area contributed by atoms with Gasteiger partial charge < -0.3 is 15.6 Å². The highest BCUT2D eigenvalue weighted by Crippen LogP contribution is 2.23. The van der Waals surface area contributed by atoms with Crippen LogP contribution >= 0.6 is 0 Å². The number of nitrogens with two attached hydrogens (primary N) is 1. The molecule has 0 amide bonds. The lowest BCUT2D eigenvalue weighted by Gasteiger charge is -2.14. The van der Waals surface area contributed by atoms with Crippen molar-refractivity contribution in [2.75, 3.05) is 6.54 Å². The van der Waals surface area contributed by atoms with Gasteiger partial charge in [-0.05, 0) is 12.1 Å². The van der Waals surface area contributed by atoms with Crippen LogP contribution < -0.4 is 10.5 Å². The molecule has 2 rings (SSSR count). The highest BCUT2D eigenvalue weighted by atomic mass is 16.5. The molecular formula is C12H12N2O3. The first-order valence-electron chi connectivity index (χ1n) is 5.15. The number of ether oxygens (including phenoxy) is 1. The maximum Gasteiger partial charge on any atom is 0.346 e. The fraction of sp³-hybridized carbons (Fsp3) is 0.167. The van der Waals surface area contributed by atoms with Crippen LogP contribution in [0.25, 0.3) is 10.9 Å². The molecule has 0 spiro atoms. The Kier molecular flexibility index (Phi) is 3.20. The van der Waals surface area contributed by atoms with Crippen LogP contribution in [0.1, 0.15) is 0 Å². The zero-order valence-electron chi connectivity index (χ0n) is 9.04. The summed E-state index contributed by atoms with van der Waals surface area (Å²) in [5, 5.41) is 9.78. The minimum atomic E-state index is -1.08. The summed E-state index contributed by atoms with van der Waals surface area (Å²) in [6, 6.07) is 9.04. The van der Waals surface area contributed by atoms with Gasteiger partial charge >= 0.3 is 5.97 Å². The minimum Gasteiger partial charge on any atom is -0.478 e. The average Bonchev–Trinajstić information content (AvgIpc) is 2.35. The van der Waals surface area contributed by atoms with Crippen molar-refractivity contribution in [2.24, 2.45) is 5.73 Å². The van der Waals surface area contributed by atoms with Gasteiger partial charge in [0.15, 0.2) is 0 Å². The van der Waals surface area contributed by atoms with E-state index in [0.29, 0.717) is 11.3 Å². The largest absolute Gasteiger partial charge is 0.478 e. The summed E-state index contributed by atoms with van der Waals surface area (Å²) in [7, 11) is 0. The van der Waals surface area contributed by atoms with E-state index >= 15 is 0 Å². The van der Waals surface area contributed by atoms with Gasteiger partial charge in [-0.3, -0.25) is 4.98 Å². The molecule has 0 aliphatic rings. The normalized spacial score (nSPS) is 12.3. The summed E-state index contributed by atoms with van der Waals surface area (Å²) in [4.78, 5) is 15.0. The molecule has 5 nitrogen and oxygen atoms in total. The van der Waals surface area contributed by atoms with Gasteiger partial charge in [0.1, 0.15) is 11.3 Å². The number of aliphatic carboxylic acids is 1. The van der Waals surface area contributed by atoms with E-state index < -0.39 is 12.1 Å². The van der Waals surface area contributed by atoms with E-state index in [1.807, 2.05) is 18.2 Å². The number of pyridine rings is 1. The molecule has 0 saturated carbocycles. The Morgan fingerprint density at radius 2 is 2.18 bits per heavy atom. The van der Waals surface area contributed by atoms with Crippen molar-refractivity contribution in [3.63, 3.8) is 0 Å². The SMILES string of the molecule is NCC(Oc1cccc2cccnc12)C(=O)O. The molecular weight excluding hydrogens is 220 g/mol. The van der Waals surface area contributed by atoms with Crippen molar-refractivity contribution >= 4 is 16.9 Å². The highest BCUT2D eigenvalue weighted by molar-refractivity contribution is 5.84. The number of hydrogen-bond donors (Lipinski definition) is 2. The molecule has 0 radical (unpaired) electrons. The number of rotatable bonds is 4. The van der Waals surface area contributed by atoms with Crippen LogP contribution in [0.5, 0.6) is 5.75 Å². The molecule has 1 aromatic carbocycles. The van der Waals surface area contributed by atoms with Crippen LogP contribution in [-0.2, 0) is 4.79 Å². The number of carbonyl (C=O) groups is 1. The number of benzene rings is 1. The Hall–Kier alpha value is -2.14. The monoisotopic (exact) mass is 232 g/mol. The van der Waals surface area contributed by atoms with E-state index in [9.17, 15) is 4.79 Å². The number of hydrogen-bond acceptors (Lipinski definition) is 4. The lowest BCUT2D eigenvalue weighted by molar-refractivity contribution is -0.144. The molecule has 2 aromatic rings. The number of carboxylic acids is 1. The molecule has 5 heteroatoms. The summed E-state index contributed by atoms with van der Waals surface area (Å²) in [6.45, 7) is -0.0848. The van der Waals surface area contributed by atoms with Gasteiger partial charge in [0.05, 0.1) is 0 Å². The van der Waals surface area contributed by atoms with Crippen LogP contribution in [0, 0.1) is 0 Å². The fourth-order valence-electron chi connectivity index (χ4n) is 1.52. The van der Waals surface area contributed by atoms with Crippen molar-refractivity contribution in [3.05, 3.63) is 36.5 Å². The van der Waals surface area contributed by atoms with Crippen LogP contribution in [0.2, 0.25) is 0 Å². The van der Waals surface area contributed by atoms with E-state index in [1.165, 1.54) is 0 Å². The molecule has 1 atom stereocenters. The van der Waals surface area contributed by atoms with Gasteiger partial charge in [-0.15, -0.1) is 0 Å². The maximum absolute atomic E-state index is 10.8. The Balaban J connectivity index is 2.38. The van der Waals surface area contributed by atoms with E-state index in [2.05, 4.69) is 4.98 Å². The minimum absolute atomic E-state index is 0.0848. The number of para-hydroxylation sites is 1. The van der Waals surface area contributed by atoms with Crippen molar-refractivity contribution in [1.82, 2.24) is 4.98 Å². The van der Waals surface area contributed by atoms with E-state index in [1.54, 1.807) is 18.3 Å². The molecule has 0 fully saturated rings. The third kappa shape index (κ3) is 2.34. The first kappa shape index (κ1) is 11.3. The Bertz CT molecular complexity index is 537. The summed E-state index contributed by atoms with van der Waals surface area (Å²) in [5.74, 6) is -0.651. The van der Waals surface area contributed by atoms with Gasteiger partial charge in [0, 0.05) is 18.1 Å². The van der Waals surface area contributed by atoms with Gasteiger partial charge in [-0.1, -0.05) is 18.2 Å². The second kappa shape index (κ2) is 4.80. The zero-order valence-corrected chi connectivity index (χ0v) is 9.04. The average molecular weight is 232 g/mol. The molecule has 0 aliphatic heterocycles. The Morgan fingerprint density at radius 3 is 2.88 bits per heavy atom. The summed E-state index contributed by atoms with van der Waals surface area (Å²) in [5.41, 5.74) is 5.97. The molecule has 1 heterocycles. The second-order valence-electron chi connectivity index (χ2n) is 3.51. The highest BCUT2D eigenvalue weighted by Gasteiger charge is 2.18. The summed E-state index contributed by atoms with van der Waals surface area (Å²) in [6.07, 6.45) is 0.579. The molecule has 88 valence electrons. The molecule has 1 unspecified atom stereocenters. The van der Waals surface area contributed by atoms with Crippen LogP contribution in [0.15, 0.2) is 36.5 Å². The van der Waals surface area contributed by atoms with Crippen molar-refractivity contribution < 1.29 is 14.6 Å². The predicted molar refractivity (Wildman–Crippen MR) is 62.8 cm³/mol. The maximum atomic E-state index is 10.8. The zero-order chi connectivity index (χ0) is 12.3. The smallest absolute Gasteiger partial charge is 0.346 e. The molecule has 0 bridgehead atoms. The molecule has 3 N–H and O–H groups in total. The van der Waals surface area contributed by atoms with E-state index in [0.717, 1.165) is 5.39 Å². The third-order valence-corrected chi connectivity index (χ3v) is 2.35. The summed E-state index contributed by atoms with van der Waals surface area (Å²) < 4.78 is 5.35. The molecule has 17 heavy (non-hydrogen) atoms. The first-order valence-corrected chi connectivity index (χ1v) is 5.15. The van der Waals surface area contributed by atoms with Crippen LogP contribution in [-0.4, -0.2) is 28.7 Å². The lowest BCUT2D eigenvalue weighted by atomic mass is 10.2. The fourth-order valence-corrected chi connectivity index (χ4v) is 1.52. The molecule has 1 aromatic heterocycles. The van der Waals surface area contributed by atoms with Crippen molar-refractivity contribution in [2.45, 2.75) is 6.10 Å². The Labute approximate surface area is 97.8 Å². The van der Waals surface area contributed by atoms with Gasteiger partial charge in [0.2, 0.25) is 6.10 Å². The topological polar surface area (TPSA) is 85.4 Å². The second-order valence-corrected chi connectivity index (χ2v) is 3.51. The quantitative estimate of drug-likeness (QED) is 0.822. The summed E-state index contributed by atoms with van der Waals surface area (Å²) >= 11 is 0. The first-order chi connectivity index (χ1) is 8.22. The molecule has 0 saturated heterocycles. The predicted octanol–water partition coefficient (Wildman–Crippen LogP) is 1.03. The lowest BCUT2D eigenvalue weighted by Crippen LogP contribution is -2.34. The van der Waals surface area contributed by atoms with E-state index in [4.69, 9.17) is 15.6 Å². The van der Waals surface area contributed by atoms with Crippen LogP contribution in [0.4, 0.5) is 0 Å². The standard InChI is InChI=1S/C12H12N2O3/c13-7-10(12(15)16)17-9-5-1-3-8-4-2-6-14-11(8)9/h1-6,10H,7,13H2,(H,15,16). The number of nitrogens with zero attached hydrogens (tertiary/aromatic N) is 1. The van der Waals surface area contributed by atoms with Crippen molar-refractivity contribution in [1.29, 1.82) is 0 Å². The van der Waals surface area contributed by atoms with Crippen LogP contribution in [0.3, 0.4) is 0 Å².